The molecule has 0 saturated heterocycles. The van der Waals surface area contributed by atoms with Crippen LogP contribution >= 0.6 is 0 Å². The minimum atomic E-state index is 0.509. The predicted octanol–water partition coefficient (Wildman–Crippen LogP) is 2.30. The number of rotatable bonds is 1. The molecule has 0 aliphatic heterocycles. The standard InChI is InChI=1S/C8H10/c1-3-8-6-4-5-7(8)2/h3-6,8H,1H2,2H3. The van der Waals surface area contributed by atoms with Gasteiger partial charge < -0.3 is 0 Å². The van der Waals surface area contributed by atoms with E-state index in [0.717, 1.165) is 0 Å². The van der Waals surface area contributed by atoms with Gasteiger partial charge in [-0.25, -0.2) is 0 Å². The number of hydrogen-bond acceptors (Lipinski definition) is 0. The average molecular weight is 106 g/mol. The first-order chi connectivity index (χ1) is 3.84. The minimum absolute atomic E-state index is 0.509. The molecule has 0 fully saturated rings. The van der Waals surface area contributed by atoms with Crippen LogP contribution in [0.1, 0.15) is 6.92 Å². The predicted molar refractivity (Wildman–Crippen MR) is 36.6 cm³/mol. The molecule has 0 N–H and O–H groups in total. The van der Waals surface area contributed by atoms with Crippen LogP contribution in [0.4, 0.5) is 0 Å². The van der Waals surface area contributed by atoms with Crippen LogP contribution < -0.4 is 0 Å². The molecule has 1 aliphatic rings. The highest BCUT2D eigenvalue weighted by Crippen LogP contribution is 2.18. The van der Waals surface area contributed by atoms with Crippen LogP contribution in [-0.4, -0.2) is 0 Å². The first kappa shape index (κ1) is 5.36. The Morgan fingerprint density at radius 3 is 2.75 bits per heavy atom. The summed E-state index contributed by atoms with van der Waals surface area (Å²) in [4.78, 5) is 0. The Morgan fingerprint density at radius 2 is 2.50 bits per heavy atom. The van der Waals surface area contributed by atoms with Crippen molar-refractivity contribution in [2.75, 3.05) is 0 Å². The van der Waals surface area contributed by atoms with Gasteiger partial charge >= 0.3 is 0 Å². The average Bonchev–Trinajstić information content (AvgIpc) is 2.14. The van der Waals surface area contributed by atoms with Gasteiger partial charge in [0.1, 0.15) is 0 Å². The summed E-state index contributed by atoms with van der Waals surface area (Å²) in [5.41, 5.74) is 1.39. The fourth-order valence-electron chi connectivity index (χ4n) is 0.854. The van der Waals surface area contributed by atoms with E-state index in [9.17, 15) is 0 Å². The van der Waals surface area contributed by atoms with E-state index in [0.29, 0.717) is 5.92 Å². The topological polar surface area (TPSA) is 0 Å². The van der Waals surface area contributed by atoms with Crippen LogP contribution in [0, 0.1) is 5.92 Å². The van der Waals surface area contributed by atoms with E-state index in [2.05, 4.69) is 31.7 Å². The molecular weight excluding hydrogens is 96.1 g/mol. The van der Waals surface area contributed by atoms with E-state index in [1.165, 1.54) is 5.57 Å². The summed E-state index contributed by atoms with van der Waals surface area (Å²) in [6.07, 6.45) is 8.28. The fourth-order valence-corrected chi connectivity index (χ4v) is 0.854. The van der Waals surface area contributed by atoms with Crippen molar-refractivity contribution in [3.8, 4) is 0 Å². The van der Waals surface area contributed by atoms with Crippen LogP contribution in [0.5, 0.6) is 0 Å². The lowest BCUT2D eigenvalue weighted by Crippen LogP contribution is -1.86. The van der Waals surface area contributed by atoms with E-state index >= 15 is 0 Å². The molecule has 0 aromatic heterocycles. The molecule has 0 aromatic carbocycles. The Hall–Kier alpha value is -0.780. The van der Waals surface area contributed by atoms with E-state index < -0.39 is 0 Å². The second kappa shape index (κ2) is 1.99. The van der Waals surface area contributed by atoms with E-state index in [-0.39, 0.29) is 0 Å². The van der Waals surface area contributed by atoms with Gasteiger partial charge in [0, 0.05) is 5.92 Å². The molecule has 1 aliphatic carbocycles. The minimum Gasteiger partial charge on any atom is -0.102 e. The maximum Gasteiger partial charge on any atom is 0.0158 e. The molecule has 1 atom stereocenters. The van der Waals surface area contributed by atoms with Gasteiger partial charge in [-0.3, -0.25) is 0 Å². The van der Waals surface area contributed by atoms with Crippen LogP contribution in [0.3, 0.4) is 0 Å². The molecule has 0 radical (unpaired) electrons. The summed E-state index contributed by atoms with van der Waals surface area (Å²) >= 11 is 0. The van der Waals surface area contributed by atoms with Crippen molar-refractivity contribution in [2.24, 2.45) is 5.92 Å². The van der Waals surface area contributed by atoms with Crippen molar-refractivity contribution >= 4 is 0 Å². The van der Waals surface area contributed by atoms with Gasteiger partial charge in [-0.1, -0.05) is 29.9 Å². The van der Waals surface area contributed by atoms with Gasteiger partial charge in [0.15, 0.2) is 0 Å². The molecule has 0 amide bonds. The van der Waals surface area contributed by atoms with Crippen molar-refractivity contribution in [3.63, 3.8) is 0 Å². The van der Waals surface area contributed by atoms with Crippen molar-refractivity contribution in [3.05, 3.63) is 36.5 Å². The molecular formula is C8H10. The lowest BCUT2D eigenvalue weighted by atomic mass is 10.1. The van der Waals surface area contributed by atoms with Gasteiger partial charge in [0.2, 0.25) is 0 Å². The van der Waals surface area contributed by atoms with Gasteiger partial charge in [-0.2, -0.15) is 0 Å². The second-order valence-corrected chi connectivity index (χ2v) is 2.06. The lowest BCUT2D eigenvalue weighted by molar-refractivity contribution is 0.996. The Balaban J connectivity index is 2.71. The zero-order valence-corrected chi connectivity index (χ0v) is 5.09. The first-order valence-corrected chi connectivity index (χ1v) is 2.82. The second-order valence-electron chi connectivity index (χ2n) is 2.06. The molecule has 1 rings (SSSR count). The van der Waals surface area contributed by atoms with Crippen molar-refractivity contribution < 1.29 is 0 Å². The van der Waals surface area contributed by atoms with Crippen molar-refractivity contribution in [2.45, 2.75) is 6.92 Å². The smallest absolute Gasteiger partial charge is 0.0158 e. The van der Waals surface area contributed by atoms with Gasteiger partial charge in [-0.15, -0.1) is 6.58 Å². The highest BCUT2D eigenvalue weighted by atomic mass is 14.1. The molecule has 0 bridgehead atoms. The highest BCUT2D eigenvalue weighted by Gasteiger charge is 2.03. The summed E-state index contributed by atoms with van der Waals surface area (Å²) in [6.45, 7) is 5.82. The monoisotopic (exact) mass is 106 g/mol. The largest absolute Gasteiger partial charge is 0.102 e. The van der Waals surface area contributed by atoms with Crippen LogP contribution in [0.2, 0.25) is 0 Å². The summed E-state index contributed by atoms with van der Waals surface area (Å²) in [5.74, 6) is 0.509. The summed E-state index contributed by atoms with van der Waals surface area (Å²) in [5, 5.41) is 0. The van der Waals surface area contributed by atoms with Crippen molar-refractivity contribution in [1.82, 2.24) is 0 Å². The van der Waals surface area contributed by atoms with Crippen LogP contribution in [-0.2, 0) is 0 Å². The van der Waals surface area contributed by atoms with Gasteiger partial charge in [0.05, 0.1) is 0 Å². The Bertz CT molecular complexity index is 149. The maximum atomic E-state index is 3.70. The molecule has 0 saturated carbocycles. The van der Waals surface area contributed by atoms with Crippen LogP contribution in [0.25, 0.3) is 0 Å². The lowest BCUT2D eigenvalue weighted by Gasteiger charge is -1.99. The summed E-state index contributed by atoms with van der Waals surface area (Å²) < 4.78 is 0. The third kappa shape index (κ3) is 0.738. The Morgan fingerprint density at radius 1 is 1.75 bits per heavy atom. The maximum absolute atomic E-state index is 3.70. The normalized spacial score (nSPS) is 25.6. The third-order valence-electron chi connectivity index (χ3n) is 1.46. The summed E-state index contributed by atoms with van der Waals surface area (Å²) in [6, 6.07) is 0. The number of allylic oxidation sites excluding steroid dienone is 5. The summed E-state index contributed by atoms with van der Waals surface area (Å²) in [7, 11) is 0. The molecule has 1 unspecified atom stereocenters. The quantitative estimate of drug-likeness (QED) is 0.450. The van der Waals surface area contributed by atoms with E-state index in [1.54, 1.807) is 0 Å². The Labute approximate surface area is 50.2 Å². The first-order valence-electron chi connectivity index (χ1n) is 2.82. The fraction of sp³-hybridized carbons (Fsp3) is 0.250. The van der Waals surface area contributed by atoms with Gasteiger partial charge in [-0.05, 0) is 6.92 Å². The third-order valence-corrected chi connectivity index (χ3v) is 1.46. The van der Waals surface area contributed by atoms with Crippen molar-refractivity contribution in [1.29, 1.82) is 0 Å². The highest BCUT2D eigenvalue weighted by molar-refractivity contribution is 5.29. The molecule has 42 valence electrons. The Kier molecular flexibility index (Phi) is 1.34. The van der Waals surface area contributed by atoms with Gasteiger partial charge in [0.25, 0.3) is 0 Å². The van der Waals surface area contributed by atoms with E-state index in [1.807, 2.05) is 6.08 Å². The molecule has 0 spiro atoms. The SMILES string of the molecule is C=CC1C=CC=C1C. The molecule has 0 heterocycles. The van der Waals surface area contributed by atoms with Crippen LogP contribution in [0.15, 0.2) is 36.5 Å². The number of hydrogen-bond donors (Lipinski definition) is 0. The zero-order chi connectivity index (χ0) is 5.98. The van der Waals surface area contributed by atoms with E-state index in [4.69, 9.17) is 0 Å². The molecule has 8 heavy (non-hydrogen) atoms. The zero-order valence-electron chi connectivity index (χ0n) is 5.09. The molecule has 0 nitrogen and oxygen atoms in total. The molecule has 0 aromatic rings. The molecule has 0 heteroatoms.